The van der Waals surface area contributed by atoms with Crippen LogP contribution in [0.2, 0.25) is 0 Å². The van der Waals surface area contributed by atoms with Crippen molar-refractivity contribution in [1.82, 2.24) is 10.6 Å². The van der Waals surface area contributed by atoms with E-state index < -0.39 is 5.60 Å². The quantitative estimate of drug-likeness (QED) is 0.678. The molecule has 0 aliphatic heterocycles. The molecule has 0 spiro atoms. The van der Waals surface area contributed by atoms with Gasteiger partial charge in [-0.2, -0.15) is 0 Å². The van der Waals surface area contributed by atoms with Crippen molar-refractivity contribution in [3.8, 4) is 0 Å². The minimum atomic E-state index is -0.439. The predicted molar refractivity (Wildman–Crippen MR) is 96.7 cm³/mol. The van der Waals surface area contributed by atoms with Crippen LogP contribution in [0.1, 0.15) is 79.6 Å². The van der Waals surface area contributed by atoms with Crippen LogP contribution in [0.15, 0.2) is 0 Å². The van der Waals surface area contributed by atoms with Crippen LogP contribution < -0.4 is 10.6 Å². The Bertz CT molecular complexity index is 329. The molecule has 1 atom stereocenters. The van der Waals surface area contributed by atoms with Crippen molar-refractivity contribution in [2.24, 2.45) is 11.8 Å². The van der Waals surface area contributed by atoms with Gasteiger partial charge in [-0.25, -0.2) is 4.79 Å². The van der Waals surface area contributed by atoms with Crippen molar-refractivity contribution in [1.29, 1.82) is 0 Å². The fraction of sp³-hybridized carbons (Fsp3) is 0.947. The zero-order valence-electron chi connectivity index (χ0n) is 15.9. The molecule has 0 aromatic carbocycles. The van der Waals surface area contributed by atoms with Crippen LogP contribution in [0, 0.1) is 11.8 Å². The molecule has 0 aromatic heterocycles. The molecule has 0 aromatic rings. The molecule has 0 heterocycles. The first kappa shape index (κ1) is 20.3. The van der Waals surface area contributed by atoms with Crippen LogP contribution in [-0.4, -0.2) is 30.8 Å². The molecule has 1 amide bonds. The minimum Gasteiger partial charge on any atom is -0.444 e. The summed E-state index contributed by atoms with van der Waals surface area (Å²) in [6, 6.07) is 0.325. The summed E-state index contributed by atoms with van der Waals surface area (Å²) in [7, 11) is 0. The van der Waals surface area contributed by atoms with E-state index in [2.05, 4.69) is 24.5 Å². The van der Waals surface area contributed by atoms with E-state index in [-0.39, 0.29) is 6.09 Å². The third-order valence-corrected chi connectivity index (χ3v) is 4.32. The SMILES string of the molecule is CC(C)CC(CNC(=O)OC(C)(C)C)NCC1CCCCCC1. The van der Waals surface area contributed by atoms with Crippen molar-refractivity contribution >= 4 is 6.09 Å². The first-order valence-corrected chi connectivity index (χ1v) is 9.46. The van der Waals surface area contributed by atoms with Crippen molar-refractivity contribution in [2.75, 3.05) is 13.1 Å². The Morgan fingerprint density at radius 2 is 1.74 bits per heavy atom. The van der Waals surface area contributed by atoms with Crippen LogP contribution in [0.5, 0.6) is 0 Å². The summed E-state index contributed by atoms with van der Waals surface area (Å²) in [4.78, 5) is 11.8. The predicted octanol–water partition coefficient (Wildman–Crippen LogP) is 4.49. The van der Waals surface area contributed by atoms with Crippen molar-refractivity contribution in [3.63, 3.8) is 0 Å². The molecule has 0 saturated heterocycles. The molecule has 1 aliphatic carbocycles. The van der Waals surface area contributed by atoms with Gasteiger partial charge in [-0.3, -0.25) is 0 Å². The van der Waals surface area contributed by atoms with Gasteiger partial charge in [0.25, 0.3) is 0 Å². The maximum atomic E-state index is 11.8. The number of carbonyl (C=O) groups excluding carboxylic acids is 1. The third-order valence-electron chi connectivity index (χ3n) is 4.32. The van der Waals surface area contributed by atoms with Crippen LogP contribution in [0.3, 0.4) is 0 Å². The number of hydrogen-bond donors (Lipinski definition) is 2. The van der Waals surface area contributed by atoms with E-state index in [9.17, 15) is 4.79 Å². The number of rotatable bonds is 7. The zero-order chi connectivity index (χ0) is 17.3. The van der Waals surface area contributed by atoms with Crippen molar-refractivity contribution in [3.05, 3.63) is 0 Å². The van der Waals surface area contributed by atoms with E-state index in [1.807, 2.05) is 20.8 Å². The van der Waals surface area contributed by atoms with Crippen molar-refractivity contribution in [2.45, 2.75) is 91.2 Å². The van der Waals surface area contributed by atoms with Gasteiger partial charge in [0.05, 0.1) is 0 Å². The molecule has 2 N–H and O–H groups in total. The van der Waals surface area contributed by atoms with Gasteiger partial charge in [0.2, 0.25) is 0 Å². The molecule has 23 heavy (non-hydrogen) atoms. The standard InChI is InChI=1S/C19H38N2O2/c1-15(2)12-17(14-21-18(22)23-19(3,4)5)20-13-16-10-8-6-7-9-11-16/h15-17,20H,6-14H2,1-5H3,(H,21,22). The summed E-state index contributed by atoms with van der Waals surface area (Å²) in [6.45, 7) is 11.8. The summed E-state index contributed by atoms with van der Waals surface area (Å²) >= 11 is 0. The second kappa shape index (κ2) is 10.2. The lowest BCUT2D eigenvalue weighted by Crippen LogP contribution is -2.44. The summed E-state index contributed by atoms with van der Waals surface area (Å²) in [5, 5.41) is 6.62. The smallest absolute Gasteiger partial charge is 0.407 e. The highest BCUT2D eigenvalue weighted by atomic mass is 16.6. The van der Waals surface area contributed by atoms with E-state index in [4.69, 9.17) is 4.74 Å². The molecule has 1 aliphatic rings. The summed E-state index contributed by atoms with van der Waals surface area (Å²) in [6.07, 6.45) is 8.99. The molecular weight excluding hydrogens is 288 g/mol. The van der Waals surface area contributed by atoms with Gasteiger partial charge in [-0.1, -0.05) is 39.5 Å². The Labute approximate surface area is 143 Å². The third kappa shape index (κ3) is 10.6. The molecule has 4 nitrogen and oxygen atoms in total. The Morgan fingerprint density at radius 3 is 2.26 bits per heavy atom. The Balaban J connectivity index is 2.37. The molecule has 4 heteroatoms. The number of amides is 1. The molecule has 0 radical (unpaired) electrons. The van der Waals surface area contributed by atoms with Crippen LogP contribution in [0.25, 0.3) is 0 Å². The highest BCUT2D eigenvalue weighted by Gasteiger charge is 2.19. The molecule has 136 valence electrons. The van der Waals surface area contributed by atoms with E-state index in [0.717, 1.165) is 18.9 Å². The minimum absolute atomic E-state index is 0.317. The lowest BCUT2D eigenvalue weighted by Gasteiger charge is -2.25. The van der Waals surface area contributed by atoms with Crippen LogP contribution in [-0.2, 0) is 4.74 Å². The Morgan fingerprint density at radius 1 is 1.13 bits per heavy atom. The normalized spacial score (nSPS) is 18.5. The maximum Gasteiger partial charge on any atom is 0.407 e. The average molecular weight is 327 g/mol. The fourth-order valence-corrected chi connectivity index (χ4v) is 3.23. The lowest BCUT2D eigenvalue weighted by atomic mass is 9.98. The van der Waals surface area contributed by atoms with E-state index in [1.54, 1.807) is 0 Å². The number of nitrogens with one attached hydrogen (secondary N) is 2. The molecule has 0 bridgehead atoms. The summed E-state index contributed by atoms with van der Waals surface area (Å²) in [5.41, 5.74) is -0.439. The second-order valence-electron chi connectivity index (χ2n) is 8.48. The largest absolute Gasteiger partial charge is 0.444 e. The second-order valence-corrected chi connectivity index (χ2v) is 8.48. The topological polar surface area (TPSA) is 50.4 Å². The zero-order valence-corrected chi connectivity index (χ0v) is 15.9. The summed E-state index contributed by atoms with van der Waals surface area (Å²) < 4.78 is 5.33. The first-order valence-electron chi connectivity index (χ1n) is 9.46. The van der Waals surface area contributed by atoms with Gasteiger partial charge in [-0.05, 0) is 58.4 Å². The van der Waals surface area contributed by atoms with Gasteiger partial charge in [0.1, 0.15) is 5.60 Å². The molecule has 1 rings (SSSR count). The monoisotopic (exact) mass is 326 g/mol. The molecular formula is C19H38N2O2. The number of ether oxygens (including phenoxy) is 1. The molecule has 1 unspecified atom stereocenters. The van der Waals surface area contributed by atoms with Gasteiger partial charge in [0.15, 0.2) is 0 Å². The molecule has 1 fully saturated rings. The van der Waals surface area contributed by atoms with Crippen LogP contribution >= 0.6 is 0 Å². The summed E-state index contributed by atoms with van der Waals surface area (Å²) in [5.74, 6) is 1.41. The Hall–Kier alpha value is -0.770. The van der Waals surface area contributed by atoms with E-state index in [1.165, 1.54) is 38.5 Å². The number of alkyl carbamates (subject to hydrolysis) is 1. The average Bonchev–Trinajstić information content (AvgIpc) is 2.68. The van der Waals surface area contributed by atoms with E-state index in [0.29, 0.717) is 18.5 Å². The van der Waals surface area contributed by atoms with E-state index >= 15 is 0 Å². The highest BCUT2D eigenvalue weighted by molar-refractivity contribution is 5.67. The van der Waals surface area contributed by atoms with Gasteiger partial charge in [0, 0.05) is 12.6 Å². The fourth-order valence-electron chi connectivity index (χ4n) is 3.23. The van der Waals surface area contributed by atoms with Crippen molar-refractivity contribution < 1.29 is 9.53 Å². The van der Waals surface area contributed by atoms with Crippen LogP contribution in [0.4, 0.5) is 4.79 Å². The van der Waals surface area contributed by atoms with Gasteiger partial charge < -0.3 is 15.4 Å². The Kier molecular flexibility index (Phi) is 8.96. The van der Waals surface area contributed by atoms with Gasteiger partial charge in [-0.15, -0.1) is 0 Å². The maximum absolute atomic E-state index is 11.8. The number of carbonyl (C=O) groups is 1. The van der Waals surface area contributed by atoms with Gasteiger partial charge >= 0.3 is 6.09 Å². The lowest BCUT2D eigenvalue weighted by molar-refractivity contribution is 0.0520. The molecule has 1 saturated carbocycles. The number of hydrogen-bond acceptors (Lipinski definition) is 3. The first-order chi connectivity index (χ1) is 10.8. The highest BCUT2D eigenvalue weighted by Crippen LogP contribution is 2.22.